The molecule has 6 nitrogen and oxygen atoms in total. The van der Waals surface area contributed by atoms with Crippen LogP contribution in [-0.4, -0.2) is 28.3 Å². The Bertz CT molecular complexity index is 2030. The van der Waals surface area contributed by atoms with Gasteiger partial charge in [0.2, 0.25) is 0 Å². The molecule has 292 valence electrons. The van der Waals surface area contributed by atoms with Crippen molar-refractivity contribution in [2.45, 2.75) is 103 Å². The van der Waals surface area contributed by atoms with E-state index in [4.69, 9.17) is 9.15 Å². The predicted octanol–water partition coefficient (Wildman–Crippen LogP) is 11.6. The van der Waals surface area contributed by atoms with Gasteiger partial charge in [-0.05, 0) is 81.0 Å². The van der Waals surface area contributed by atoms with Crippen molar-refractivity contribution in [2.75, 3.05) is 6.61 Å². The maximum absolute atomic E-state index is 13.7. The second kappa shape index (κ2) is 16.0. The van der Waals surface area contributed by atoms with Gasteiger partial charge in [0.15, 0.2) is 5.76 Å². The van der Waals surface area contributed by atoms with Crippen LogP contribution in [0.15, 0.2) is 51.7 Å². The molecule has 4 aromatic rings. The van der Waals surface area contributed by atoms with Gasteiger partial charge in [0.25, 0.3) is 0 Å². The minimum atomic E-state index is -5.12. The van der Waals surface area contributed by atoms with Crippen LogP contribution in [0.3, 0.4) is 0 Å². The normalized spacial score (nSPS) is 14.7. The Balaban J connectivity index is 1.53. The van der Waals surface area contributed by atoms with Gasteiger partial charge in [-0.3, -0.25) is 0 Å². The predicted molar refractivity (Wildman–Crippen MR) is 184 cm³/mol. The standard InChI is InChI=1S/C39H39F9N2O4/c1-4-53-35(51)31-22(2)49-33(29(31)16-10-8-6-5-7-9-13-17-37(40,41)42)32-28-15-12-11-14-24(28)20-30(32)50-23(3)34(54-36(50)52)25-18-26(38(43,44)45)21-27(19-25)39(46,47)48/h11-12,14-15,18-21,32,49H,4-10,13,16-17H2,1-3H3. The Morgan fingerprint density at radius 3 is 2.04 bits per heavy atom. The summed E-state index contributed by atoms with van der Waals surface area (Å²) in [7, 11) is 0. The number of hydrogen-bond acceptors (Lipinski definition) is 4. The number of carbonyl (C=O) groups is 1. The Morgan fingerprint density at radius 2 is 1.44 bits per heavy atom. The maximum Gasteiger partial charge on any atom is 0.424 e. The molecule has 1 N–H and O–H groups in total. The van der Waals surface area contributed by atoms with Gasteiger partial charge in [-0.15, -0.1) is 0 Å². The number of alkyl halides is 9. The third-order valence-electron chi connectivity index (χ3n) is 9.53. The molecule has 1 atom stereocenters. The van der Waals surface area contributed by atoms with Crippen molar-refractivity contribution in [3.63, 3.8) is 0 Å². The number of hydrogen-bond donors (Lipinski definition) is 1. The molecule has 0 amide bonds. The van der Waals surface area contributed by atoms with Gasteiger partial charge in [0.05, 0.1) is 34.9 Å². The fourth-order valence-electron chi connectivity index (χ4n) is 7.10. The Labute approximate surface area is 305 Å². The summed E-state index contributed by atoms with van der Waals surface area (Å²) in [6.07, 6.45) is -9.12. The largest absolute Gasteiger partial charge is 0.462 e. The van der Waals surface area contributed by atoms with E-state index in [9.17, 15) is 49.1 Å². The highest BCUT2D eigenvalue weighted by atomic mass is 19.4. The Kier molecular flexibility index (Phi) is 12.0. The van der Waals surface area contributed by atoms with Gasteiger partial charge >= 0.3 is 30.3 Å². The van der Waals surface area contributed by atoms with Crippen LogP contribution in [0.2, 0.25) is 0 Å². The summed E-state index contributed by atoms with van der Waals surface area (Å²) < 4.78 is 132. The first kappa shape index (κ1) is 40.5. The number of aromatic nitrogens is 2. The molecule has 2 aromatic carbocycles. The van der Waals surface area contributed by atoms with Gasteiger partial charge in [0.1, 0.15) is 0 Å². The number of aromatic amines is 1. The highest BCUT2D eigenvalue weighted by molar-refractivity contribution is 5.94. The van der Waals surface area contributed by atoms with Crippen LogP contribution in [0.5, 0.6) is 0 Å². The summed E-state index contributed by atoms with van der Waals surface area (Å²) in [6, 6.07) is 8.14. The van der Waals surface area contributed by atoms with Crippen molar-refractivity contribution < 1.29 is 53.5 Å². The van der Waals surface area contributed by atoms with Gasteiger partial charge in [-0.25, -0.2) is 14.2 Å². The van der Waals surface area contributed by atoms with Gasteiger partial charge in [-0.1, -0.05) is 56.4 Å². The number of carbonyl (C=O) groups excluding carboxylic acids is 1. The van der Waals surface area contributed by atoms with E-state index in [1.54, 1.807) is 38.1 Å². The average molecular weight is 771 g/mol. The van der Waals surface area contributed by atoms with E-state index >= 15 is 0 Å². The van der Waals surface area contributed by atoms with E-state index in [2.05, 4.69) is 4.98 Å². The van der Waals surface area contributed by atoms with Crippen LogP contribution in [-0.2, 0) is 23.5 Å². The summed E-state index contributed by atoms with van der Waals surface area (Å²) in [6.45, 7) is 4.82. The fourth-order valence-corrected chi connectivity index (χ4v) is 7.10. The molecule has 5 rings (SSSR count). The molecule has 0 radical (unpaired) electrons. The number of nitrogens with zero attached hydrogens (tertiary/aromatic N) is 1. The molecule has 1 aliphatic rings. The lowest BCUT2D eigenvalue weighted by atomic mass is 9.89. The minimum absolute atomic E-state index is 0.00493. The number of allylic oxidation sites excluding steroid dienone is 1. The molecule has 1 aliphatic carbocycles. The highest BCUT2D eigenvalue weighted by Crippen LogP contribution is 2.47. The molecule has 2 heterocycles. The van der Waals surface area contributed by atoms with E-state index in [1.165, 1.54) is 6.92 Å². The number of esters is 1. The van der Waals surface area contributed by atoms with Crippen molar-refractivity contribution in [1.29, 1.82) is 0 Å². The molecular weight excluding hydrogens is 731 g/mol. The van der Waals surface area contributed by atoms with E-state index in [-0.39, 0.29) is 24.8 Å². The minimum Gasteiger partial charge on any atom is -0.462 e. The zero-order chi connectivity index (χ0) is 39.6. The zero-order valence-electron chi connectivity index (χ0n) is 29.7. The highest BCUT2D eigenvalue weighted by Gasteiger charge is 2.39. The van der Waals surface area contributed by atoms with E-state index < -0.39 is 65.0 Å². The third-order valence-corrected chi connectivity index (χ3v) is 9.53. The lowest BCUT2D eigenvalue weighted by Gasteiger charge is -2.20. The number of ether oxygens (including phenoxy) is 1. The lowest BCUT2D eigenvalue weighted by molar-refractivity contribution is -0.143. The smallest absolute Gasteiger partial charge is 0.424 e. The Morgan fingerprint density at radius 1 is 0.852 bits per heavy atom. The molecule has 15 heteroatoms. The van der Waals surface area contributed by atoms with E-state index in [0.29, 0.717) is 71.6 Å². The number of rotatable bonds is 14. The summed E-state index contributed by atoms with van der Waals surface area (Å²) in [5, 5.41) is 0. The zero-order valence-corrected chi connectivity index (χ0v) is 29.7. The number of aryl methyl sites for hydroxylation is 1. The number of oxazole rings is 1. The molecule has 0 saturated carbocycles. The monoisotopic (exact) mass is 770 g/mol. The van der Waals surface area contributed by atoms with Crippen LogP contribution in [0.25, 0.3) is 23.1 Å². The van der Waals surface area contributed by atoms with Crippen molar-refractivity contribution in [3.05, 3.63) is 103 Å². The first-order valence-electron chi connectivity index (χ1n) is 17.6. The molecule has 2 aromatic heterocycles. The number of benzene rings is 2. The first-order valence-corrected chi connectivity index (χ1v) is 17.6. The Hall–Kier alpha value is -4.69. The molecule has 54 heavy (non-hydrogen) atoms. The summed E-state index contributed by atoms with van der Waals surface area (Å²) in [5.41, 5.74) is -0.0785. The topological polar surface area (TPSA) is 77.2 Å². The fraction of sp³-hybridized carbons (Fsp3) is 0.436. The molecule has 0 bridgehead atoms. The molecule has 0 aliphatic heterocycles. The van der Waals surface area contributed by atoms with Gasteiger partial charge in [-0.2, -0.15) is 39.5 Å². The van der Waals surface area contributed by atoms with Gasteiger partial charge in [0, 0.05) is 29.1 Å². The van der Waals surface area contributed by atoms with Crippen molar-refractivity contribution in [1.82, 2.24) is 9.55 Å². The maximum atomic E-state index is 13.7. The van der Waals surface area contributed by atoms with Crippen molar-refractivity contribution in [2.24, 2.45) is 0 Å². The number of unbranched alkanes of at least 4 members (excludes halogenated alkanes) is 6. The molecular formula is C39H39F9N2O4. The summed E-state index contributed by atoms with van der Waals surface area (Å²) in [4.78, 5) is 30.3. The average Bonchev–Trinajstić information content (AvgIpc) is 3.71. The quantitative estimate of drug-likeness (QED) is 0.0787. The summed E-state index contributed by atoms with van der Waals surface area (Å²) >= 11 is 0. The number of nitrogens with one attached hydrogen (secondary N) is 1. The van der Waals surface area contributed by atoms with Crippen LogP contribution in [0.1, 0.15) is 119 Å². The molecule has 0 spiro atoms. The van der Waals surface area contributed by atoms with Crippen LogP contribution in [0, 0.1) is 13.8 Å². The SMILES string of the molecule is CCOC(=O)c1c(C)[nH]c(C2C(n3c(C)c(-c4cc(C(F)(F)F)cc(C(F)(F)F)c4)oc3=O)=Cc3ccccc32)c1CCCCCCCCCC(F)(F)F. The summed E-state index contributed by atoms with van der Waals surface area (Å²) in [5.74, 6) is -2.83. The van der Waals surface area contributed by atoms with Crippen LogP contribution < -0.4 is 5.76 Å². The lowest BCUT2D eigenvalue weighted by Crippen LogP contribution is -2.19. The van der Waals surface area contributed by atoms with E-state index in [0.717, 1.165) is 29.4 Å². The van der Waals surface area contributed by atoms with Crippen LogP contribution in [0.4, 0.5) is 39.5 Å². The number of H-pyrrole nitrogens is 1. The molecule has 0 fully saturated rings. The third kappa shape index (κ3) is 8.98. The number of halogens is 9. The second-order valence-electron chi connectivity index (χ2n) is 13.4. The van der Waals surface area contributed by atoms with Crippen LogP contribution >= 0.6 is 0 Å². The van der Waals surface area contributed by atoms with Gasteiger partial charge < -0.3 is 14.1 Å². The molecule has 1 unspecified atom stereocenters. The van der Waals surface area contributed by atoms with Crippen molar-refractivity contribution in [3.8, 4) is 11.3 Å². The number of fused-ring (bicyclic) bond motifs is 1. The van der Waals surface area contributed by atoms with E-state index in [1.807, 2.05) is 6.07 Å². The first-order chi connectivity index (χ1) is 25.3. The van der Waals surface area contributed by atoms with Crippen molar-refractivity contribution >= 4 is 17.7 Å². The molecule has 0 saturated heterocycles. The second-order valence-corrected chi connectivity index (χ2v) is 13.4.